The highest BCUT2D eigenvalue weighted by Gasteiger charge is 2.25. The van der Waals surface area contributed by atoms with Gasteiger partial charge in [0.1, 0.15) is 0 Å². The lowest BCUT2D eigenvalue weighted by Crippen LogP contribution is -2.14. The van der Waals surface area contributed by atoms with Gasteiger partial charge in [-0.15, -0.1) is 11.8 Å². The number of hydrogen-bond donors (Lipinski definition) is 1. The van der Waals surface area contributed by atoms with Crippen molar-refractivity contribution in [2.24, 2.45) is 0 Å². The van der Waals surface area contributed by atoms with Crippen molar-refractivity contribution in [3.8, 4) is 0 Å². The molecule has 1 aromatic rings. The van der Waals surface area contributed by atoms with E-state index in [0.29, 0.717) is 5.25 Å². The van der Waals surface area contributed by atoms with Crippen molar-refractivity contribution in [2.75, 3.05) is 0 Å². The molecule has 76 valence electrons. The van der Waals surface area contributed by atoms with Crippen molar-refractivity contribution >= 4 is 27.7 Å². The molecule has 0 bridgehead atoms. The standard InChI is InChI=1S/C11H13BrOS/c12-8-4-6-9(7-5-8)14-11-3-1-2-10(11)13/h4-7,10-11,13H,1-3H2/t10-,11-/m0/s1. The minimum Gasteiger partial charge on any atom is -0.392 e. The fourth-order valence-electron chi connectivity index (χ4n) is 1.73. The van der Waals surface area contributed by atoms with Crippen LogP contribution < -0.4 is 0 Å². The highest BCUT2D eigenvalue weighted by atomic mass is 79.9. The third kappa shape index (κ3) is 2.53. The maximum atomic E-state index is 9.67. The largest absolute Gasteiger partial charge is 0.392 e. The first-order chi connectivity index (χ1) is 6.75. The third-order valence-electron chi connectivity index (χ3n) is 2.52. The monoisotopic (exact) mass is 272 g/mol. The molecule has 0 amide bonds. The van der Waals surface area contributed by atoms with Crippen molar-refractivity contribution in [3.05, 3.63) is 28.7 Å². The lowest BCUT2D eigenvalue weighted by Gasteiger charge is -2.13. The predicted octanol–water partition coefficient (Wildman–Crippen LogP) is 3.45. The Morgan fingerprint density at radius 1 is 1.21 bits per heavy atom. The minimum absolute atomic E-state index is 0.108. The van der Waals surface area contributed by atoms with E-state index in [1.165, 1.54) is 4.90 Å². The Morgan fingerprint density at radius 2 is 1.93 bits per heavy atom. The molecule has 3 heteroatoms. The highest BCUT2D eigenvalue weighted by Crippen LogP contribution is 2.35. The molecule has 0 unspecified atom stereocenters. The second-order valence-corrected chi connectivity index (χ2v) is 5.84. The molecule has 1 aromatic carbocycles. The van der Waals surface area contributed by atoms with E-state index in [1.54, 1.807) is 11.8 Å². The number of aliphatic hydroxyl groups excluding tert-OH is 1. The average molecular weight is 273 g/mol. The number of thioether (sulfide) groups is 1. The molecule has 2 rings (SSSR count). The lowest BCUT2D eigenvalue weighted by molar-refractivity contribution is 0.188. The Morgan fingerprint density at radius 3 is 2.50 bits per heavy atom. The van der Waals surface area contributed by atoms with Crippen LogP contribution in [-0.2, 0) is 0 Å². The SMILES string of the molecule is O[C@H]1CCC[C@@H]1Sc1ccc(Br)cc1. The van der Waals surface area contributed by atoms with Crippen LogP contribution in [0.1, 0.15) is 19.3 Å². The van der Waals surface area contributed by atoms with Crippen molar-refractivity contribution < 1.29 is 5.11 Å². The summed E-state index contributed by atoms with van der Waals surface area (Å²) < 4.78 is 1.11. The zero-order valence-electron chi connectivity index (χ0n) is 7.82. The van der Waals surface area contributed by atoms with Gasteiger partial charge in [0, 0.05) is 14.6 Å². The first-order valence-electron chi connectivity index (χ1n) is 4.86. The topological polar surface area (TPSA) is 20.2 Å². The number of hydrogen-bond acceptors (Lipinski definition) is 2. The van der Waals surface area contributed by atoms with Crippen molar-refractivity contribution in [2.45, 2.75) is 35.5 Å². The summed E-state index contributed by atoms with van der Waals surface area (Å²) in [5.41, 5.74) is 0. The van der Waals surface area contributed by atoms with Crippen LogP contribution in [0.15, 0.2) is 33.6 Å². The van der Waals surface area contributed by atoms with Crippen LogP contribution in [0, 0.1) is 0 Å². The van der Waals surface area contributed by atoms with Gasteiger partial charge >= 0.3 is 0 Å². The van der Waals surface area contributed by atoms with E-state index in [0.717, 1.165) is 23.7 Å². The Kier molecular flexibility index (Phi) is 3.52. The second-order valence-electron chi connectivity index (χ2n) is 3.61. The summed E-state index contributed by atoms with van der Waals surface area (Å²) in [4.78, 5) is 1.25. The van der Waals surface area contributed by atoms with Crippen LogP contribution in [0.3, 0.4) is 0 Å². The molecular formula is C11H13BrOS. The number of rotatable bonds is 2. The Hall–Kier alpha value is 0.01000. The Bertz CT molecular complexity index is 299. The second kappa shape index (κ2) is 4.69. The Balaban J connectivity index is 2.00. The summed E-state index contributed by atoms with van der Waals surface area (Å²) in [5.74, 6) is 0. The van der Waals surface area contributed by atoms with Gasteiger partial charge in [0.15, 0.2) is 0 Å². The van der Waals surface area contributed by atoms with Crippen molar-refractivity contribution in [1.82, 2.24) is 0 Å². The van der Waals surface area contributed by atoms with Gasteiger partial charge in [-0.25, -0.2) is 0 Å². The third-order valence-corrected chi connectivity index (χ3v) is 4.44. The molecule has 0 spiro atoms. The zero-order valence-corrected chi connectivity index (χ0v) is 10.2. The van der Waals surface area contributed by atoms with Gasteiger partial charge in [0.05, 0.1) is 6.10 Å². The van der Waals surface area contributed by atoms with E-state index in [2.05, 4.69) is 28.1 Å². The fourth-order valence-corrected chi connectivity index (χ4v) is 3.22. The summed E-state index contributed by atoms with van der Waals surface area (Å²) in [7, 11) is 0. The van der Waals surface area contributed by atoms with E-state index < -0.39 is 0 Å². The van der Waals surface area contributed by atoms with E-state index in [-0.39, 0.29) is 6.10 Å². The number of aliphatic hydroxyl groups is 1. The summed E-state index contributed by atoms with van der Waals surface area (Å²) >= 11 is 5.21. The molecule has 0 aliphatic heterocycles. The van der Waals surface area contributed by atoms with Crippen LogP contribution >= 0.6 is 27.7 Å². The van der Waals surface area contributed by atoms with Crippen LogP contribution in [0.25, 0.3) is 0 Å². The van der Waals surface area contributed by atoms with E-state index >= 15 is 0 Å². The number of benzene rings is 1. The van der Waals surface area contributed by atoms with Gasteiger partial charge in [0.2, 0.25) is 0 Å². The molecule has 0 aromatic heterocycles. The molecule has 1 aliphatic rings. The highest BCUT2D eigenvalue weighted by molar-refractivity contribution is 9.10. The quantitative estimate of drug-likeness (QED) is 0.890. The van der Waals surface area contributed by atoms with Crippen LogP contribution in [0.4, 0.5) is 0 Å². The van der Waals surface area contributed by atoms with Gasteiger partial charge in [-0.1, -0.05) is 15.9 Å². The molecule has 14 heavy (non-hydrogen) atoms. The molecule has 0 saturated heterocycles. The summed E-state index contributed by atoms with van der Waals surface area (Å²) in [6, 6.07) is 8.28. The molecule has 1 aliphatic carbocycles. The number of halogens is 1. The van der Waals surface area contributed by atoms with Gasteiger partial charge in [-0.2, -0.15) is 0 Å². The molecule has 1 nitrogen and oxygen atoms in total. The molecule has 1 fully saturated rings. The summed E-state index contributed by atoms with van der Waals surface area (Å²) in [6.07, 6.45) is 3.16. The minimum atomic E-state index is -0.108. The summed E-state index contributed by atoms with van der Waals surface area (Å²) in [6.45, 7) is 0. The molecule has 0 radical (unpaired) electrons. The molecule has 1 saturated carbocycles. The van der Waals surface area contributed by atoms with Crippen LogP contribution in [-0.4, -0.2) is 16.5 Å². The maximum absolute atomic E-state index is 9.67. The summed E-state index contributed by atoms with van der Waals surface area (Å²) in [5, 5.41) is 10.1. The normalized spacial score (nSPS) is 26.7. The van der Waals surface area contributed by atoms with Gasteiger partial charge in [-0.3, -0.25) is 0 Å². The molecule has 0 heterocycles. The lowest BCUT2D eigenvalue weighted by atomic mass is 10.3. The molecule has 2 atom stereocenters. The van der Waals surface area contributed by atoms with E-state index in [4.69, 9.17) is 0 Å². The van der Waals surface area contributed by atoms with Crippen LogP contribution in [0.5, 0.6) is 0 Å². The smallest absolute Gasteiger partial charge is 0.0662 e. The molecule has 1 N–H and O–H groups in total. The van der Waals surface area contributed by atoms with Gasteiger partial charge in [0.25, 0.3) is 0 Å². The van der Waals surface area contributed by atoms with E-state index in [1.807, 2.05) is 12.1 Å². The van der Waals surface area contributed by atoms with Crippen molar-refractivity contribution in [3.63, 3.8) is 0 Å². The zero-order chi connectivity index (χ0) is 9.97. The first-order valence-corrected chi connectivity index (χ1v) is 6.53. The fraction of sp³-hybridized carbons (Fsp3) is 0.455. The Labute approximate surface area is 97.0 Å². The van der Waals surface area contributed by atoms with Crippen molar-refractivity contribution in [1.29, 1.82) is 0 Å². The first kappa shape index (κ1) is 10.5. The maximum Gasteiger partial charge on any atom is 0.0662 e. The molecular weight excluding hydrogens is 260 g/mol. The van der Waals surface area contributed by atoms with Crippen LogP contribution in [0.2, 0.25) is 0 Å². The van der Waals surface area contributed by atoms with Gasteiger partial charge < -0.3 is 5.11 Å². The average Bonchev–Trinajstić information content (AvgIpc) is 2.56. The predicted molar refractivity (Wildman–Crippen MR) is 63.6 cm³/mol. The van der Waals surface area contributed by atoms with E-state index in [9.17, 15) is 5.11 Å². The van der Waals surface area contributed by atoms with Gasteiger partial charge in [-0.05, 0) is 43.5 Å².